The highest BCUT2D eigenvalue weighted by Crippen LogP contribution is 2.54. The van der Waals surface area contributed by atoms with Crippen molar-refractivity contribution in [1.82, 2.24) is 0 Å². The molecule has 1 saturated carbocycles. The van der Waals surface area contributed by atoms with Crippen LogP contribution in [0, 0.1) is 17.1 Å². The minimum atomic E-state index is -0.650. The van der Waals surface area contributed by atoms with Gasteiger partial charge in [0.15, 0.2) is 5.79 Å². The molecule has 2 rings (SSSR count). The summed E-state index contributed by atoms with van der Waals surface area (Å²) in [6.07, 6.45) is 1.01. The molecule has 1 aliphatic rings. The maximum Gasteiger partial charge on any atom is 0.172 e. The van der Waals surface area contributed by atoms with E-state index in [4.69, 9.17) is 9.47 Å². The number of thioether (sulfide) groups is 1. The summed E-state index contributed by atoms with van der Waals surface area (Å²) in [4.78, 5) is 0.874. The van der Waals surface area contributed by atoms with Gasteiger partial charge in [-0.3, -0.25) is 0 Å². The molecule has 0 saturated heterocycles. The lowest BCUT2D eigenvalue weighted by Gasteiger charge is -2.49. The molecule has 1 aliphatic carbocycles. The third kappa shape index (κ3) is 2.37. The van der Waals surface area contributed by atoms with E-state index < -0.39 is 10.5 Å². The van der Waals surface area contributed by atoms with E-state index >= 15 is 0 Å². The quantitative estimate of drug-likeness (QED) is 0.787. The molecular formula is C13H14FNO2S. The van der Waals surface area contributed by atoms with E-state index in [-0.39, 0.29) is 5.82 Å². The monoisotopic (exact) mass is 267 g/mol. The number of hydrogen-bond acceptors (Lipinski definition) is 4. The second-order valence-corrected chi connectivity index (χ2v) is 5.79. The van der Waals surface area contributed by atoms with Crippen LogP contribution in [0.4, 0.5) is 4.39 Å². The highest BCUT2D eigenvalue weighted by molar-refractivity contribution is 8.01. The van der Waals surface area contributed by atoms with E-state index in [2.05, 4.69) is 6.07 Å². The number of benzene rings is 1. The summed E-state index contributed by atoms with van der Waals surface area (Å²) in [7, 11) is 3.15. The van der Waals surface area contributed by atoms with E-state index in [1.165, 1.54) is 23.9 Å². The van der Waals surface area contributed by atoms with Gasteiger partial charge >= 0.3 is 0 Å². The van der Waals surface area contributed by atoms with Crippen LogP contribution in [0.3, 0.4) is 0 Å². The lowest BCUT2D eigenvalue weighted by molar-refractivity contribution is -0.255. The van der Waals surface area contributed by atoms with Crippen LogP contribution in [0.1, 0.15) is 12.8 Å². The van der Waals surface area contributed by atoms with Crippen molar-refractivity contribution in [3.05, 3.63) is 30.1 Å². The molecule has 3 nitrogen and oxygen atoms in total. The second kappa shape index (κ2) is 4.88. The van der Waals surface area contributed by atoms with Crippen LogP contribution in [0.15, 0.2) is 29.2 Å². The number of nitriles is 1. The first-order valence-electron chi connectivity index (χ1n) is 5.53. The van der Waals surface area contributed by atoms with Crippen molar-refractivity contribution in [2.45, 2.75) is 28.3 Å². The Morgan fingerprint density at radius 1 is 1.22 bits per heavy atom. The molecule has 1 fully saturated rings. The predicted octanol–water partition coefficient (Wildman–Crippen LogP) is 2.96. The number of nitrogens with zero attached hydrogens (tertiary/aromatic N) is 1. The Kier molecular flexibility index (Phi) is 3.62. The summed E-state index contributed by atoms with van der Waals surface area (Å²) < 4.78 is 22.8. The third-order valence-electron chi connectivity index (χ3n) is 3.18. The minimum absolute atomic E-state index is 0.276. The van der Waals surface area contributed by atoms with Crippen molar-refractivity contribution < 1.29 is 13.9 Å². The van der Waals surface area contributed by atoms with Gasteiger partial charge in [0.1, 0.15) is 10.6 Å². The van der Waals surface area contributed by atoms with Crippen LogP contribution in [0.2, 0.25) is 0 Å². The van der Waals surface area contributed by atoms with Gasteiger partial charge in [-0.25, -0.2) is 4.39 Å². The third-order valence-corrected chi connectivity index (χ3v) is 4.46. The van der Waals surface area contributed by atoms with Crippen LogP contribution < -0.4 is 0 Å². The van der Waals surface area contributed by atoms with Crippen LogP contribution in [-0.4, -0.2) is 24.8 Å². The van der Waals surface area contributed by atoms with Gasteiger partial charge < -0.3 is 9.47 Å². The van der Waals surface area contributed by atoms with Gasteiger partial charge in [-0.2, -0.15) is 5.26 Å². The van der Waals surface area contributed by atoms with E-state index in [1.54, 1.807) is 26.4 Å². The number of rotatable bonds is 4. The Bertz CT molecular complexity index is 457. The van der Waals surface area contributed by atoms with Gasteiger partial charge in [0.2, 0.25) is 0 Å². The van der Waals surface area contributed by atoms with Crippen molar-refractivity contribution in [2.24, 2.45) is 0 Å². The van der Waals surface area contributed by atoms with E-state index in [1.807, 2.05) is 0 Å². The minimum Gasteiger partial charge on any atom is -0.353 e. The molecule has 0 N–H and O–H groups in total. The average Bonchev–Trinajstić information content (AvgIpc) is 2.36. The highest BCUT2D eigenvalue weighted by Gasteiger charge is 2.57. The average molecular weight is 267 g/mol. The van der Waals surface area contributed by atoms with Gasteiger partial charge in [0, 0.05) is 32.0 Å². The maximum atomic E-state index is 12.8. The Morgan fingerprint density at radius 2 is 1.78 bits per heavy atom. The molecule has 0 amide bonds. The van der Waals surface area contributed by atoms with Crippen molar-refractivity contribution >= 4 is 11.8 Å². The summed E-state index contributed by atoms with van der Waals surface area (Å²) in [5.74, 6) is -0.926. The summed E-state index contributed by atoms with van der Waals surface area (Å²) in [6, 6.07) is 8.46. The fourth-order valence-electron chi connectivity index (χ4n) is 2.09. The number of halogens is 1. The zero-order valence-electron chi connectivity index (χ0n) is 10.3. The second-order valence-electron chi connectivity index (χ2n) is 4.33. The van der Waals surface area contributed by atoms with Crippen LogP contribution >= 0.6 is 11.8 Å². The summed E-state index contributed by atoms with van der Waals surface area (Å²) in [5, 5.41) is 9.32. The summed E-state index contributed by atoms with van der Waals surface area (Å²) >= 11 is 1.43. The number of methoxy groups -OCH3 is 2. The molecule has 0 heterocycles. The molecule has 1 aromatic carbocycles. The molecule has 0 aliphatic heterocycles. The van der Waals surface area contributed by atoms with Crippen molar-refractivity contribution in [3.63, 3.8) is 0 Å². The standard InChI is InChI=1S/C13H14FNO2S/c1-16-13(17-2)7-12(8-13,9-15)18-11-5-3-10(14)4-6-11/h3-6H,7-8H2,1-2H3. The Labute approximate surface area is 110 Å². The normalized spacial score (nSPS) is 19.9. The first kappa shape index (κ1) is 13.3. The molecule has 1 aromatic rings. The number of ether oxygens (including phenoxy) is 2. The van der Waals surface area contributed by atoms with Gasteiger partial charge in [-0.15, -0.1) is 11.8 Å². The predicted molar refractivity (Wildman–Crippen MR) is 66.6 cm³/mol. The molecule has 0 bridgehead atoms. The van der Waals surface area contributed by atoms with Gasteiger partial charge in [0.05, 0.1) is 6.07 Å². The molecule has 0 spiro atoms. The van der Waals surface area contributed by atoms with Gasteiger partial charge in [-0.05, 0) is 24.3 Å². The van der Waals surface area contributed by atoms with Gasteiger partial charge in [-0.1, -0.05) is 0 Å². The largest absolute Gasteiger partial charge is 0.353 e. The zero-order valence-corrected chi connectivity index (χ0v) is 11.1. The summed E-state index contributed by atoms with van der Waals surface area (Å²) in [6.45, 7) is 0. The molecule has 0 unspecified atom stereocenters. The molecule has 96 valence electrons. The molecule has 5 heteroatoms. The van der Waals surface area contributed by atoms with Crippen molar-refractivity contribution in [3.8, 4) is 6.07 Å². The molecule has 18 heavy (non-hydrogen) atoms. The van der Waals surface area contributed by atoms with E-state index in [0.717, 1.165) is 4.90 Å². The SMILES string of the molecule is COC1(OC)CC(C#N)(Sc2ccc(F)cc2)C1. The Balaban J connectivity index is 2.09. The molecular weight excluding hydrogens is 253 g/mol. The lowest BCUT2D eigenvalue weighted by Crippen LogP contribution is -2.56. The Morgan fingerprint density at radius 3 is 2.22 bits per heavy atom. The molecule has 0 atom stereocenters. The summed E-state index contributed by atoms with van der Waals surface area (Å²) in [5.41, 5.74) is 0. The van der Waals surface area contributed by atoms with Crippen LogP contribution in [0.25, 0.3) is 0 Å². The van der Waals surface area contributed by atoms with E-state index in [0.29, 0.717) is 12.8 Å². The van der Waals surface area contributed by atoms with Gasteiger partial charge in [0.25, 0.3) is 0 Å². The first-order chi connectivity index (χ1) is 8.57. The first-order valence-corrected chi connectivity index (χ1v) is 6.35. The smallest absolute Gasteiger partial charge is 0.172 e. The zero-order chi connectivity index (χ0) is 13.2. The fourth-order valence-corrected chi connectivity index (χ4v) is 3.45. The topological polar surface area (TPSA) is 42.2 Å². The number of hydrogen-bond donors (Lipinski definition) is 0. The van der Waals surface area contributed by atoms with Crippen molar-refractivity contribution in [2.75, 3.05) is 14.2 Å². The van der Waals surface area contributed by atoms with Crippen LogP contribution in [-0.2, 0) is 9.47 Å². The molecule has 0 radical (unpaired) electrons. The fraction of sp³-hybridized carbons (Fsp3) is 0.462. The maximum absolute atomic E-state index is 12.8. The van der Waals surface area contributed by atoms with E-state index in [9.17, 15) is 9.65 Å². The Hall–Kier alpha value is -1.09. The van der Waals surface area contributed by atoms with Crippen LogP contribution in [0.5, 0.6) is 0 Å². The highest BCUT2D eigenvalue weighted by atomic mass is 32.2. The molecule has 0 aromatic heterocycles. The van der Waals surface area contributed by atoms with Crippen molar-refractivity contribution in [1.29, 1.82) is 5.26 Å². The lowest BCUT2D eigenvalue weighted by atomic mass is 9.78.